The topological polar surface area (TPSA) is 194 Å². The van der Waals surface area contributed by atoms with Gasteiger partial charge in [0, 0.05) is 17.9 Å². The minimum atomic E-state index is -1.22. The zero-order valence-corrected chi connectivity index (χ0v) is 21.2. The first-order valence-corrected chi connectivity index (χ1v) is 11.9. The number of aromatic carboxylic acids is 1. The van der Waals surface area contributed by atoms with Gasteiger partial charge in [-0.25, -0.2) is 19.4 Å². The van der Waals surface area contributed by atoms with Crippen LogP contribution in [0.5, 0.6) is 5.75 Å². The van der Waals surface area contributed by atoms with Crippen molar-refractivity contribution in [2.24, 2.45) is 16.5 Å². The molecule has 0 heterocycles. The van der Waals surface area contributed by atoms with Crippen molar-refractivity contribution < 1.29 is 34.1 Å². The predicted molar refractivity (Wildman–Crippen MR) is 143 cm³/mol. The minimum absolute atomic E-state index is 0.0151. The number of hydrogen-bond donors (Lipinski definition) is 5. The number of nitrogens with two attached hydrogens (primary N) is 2. The Morgan fingerprint density at radius 1 is 0.923 bits per heavy atom. The van der Waals surface area contributed by atoms with E-state index in [1.165, 1.54) is 48.5 Å². The molecule has 1 amide bonds. The number of aryl methyl sites for hydroxylation is 1. The third-order valence-corrected chi connectivity index (χ3v) is 5.84. The molecule has 11 nitrogen and oxygen atoms in total. The molecule has 0 spiro atoms. The molecule has 1 atom stereocenters. The van der Waals surface area contributed by atoms with E-state index in [2.05, 4.69) is 10.3 Å². The first kappa shape index (κ1) is 28.7. The standard InChI is InChI=1S/C27H25ClN4O7/c28-21-14-20(39-26(38)18-5-9-19(10-6-18)31-27(29)30)11-7-16(21)8-12-23(33)32-22(25(36)37)13-15-1-3-17(4-2-15)24(34)35/h1-7,9-11,14,22H,8,12-13H2,(H,32,33)(H,34,35)(H,36,37)(H4,29,30,31)/t22-/m0/s1. The van der Waals surface area contributed by atoms with Crippen molar-refractivity contribution in [1.82, 2.24) is 5.32 Å². The van der Waals surface area contributed by atoms with Crippen LogP contribution in [0.1, 0.15) is 38.3 Å². The second kappa shape index (κ2) is 13.1. The molecular weight excluding hydrogens is 528 g/mol. The number of halogens is 1. The summed E-state index contributed by atoms with van der Waals surface area (Å²) < 4.78 is 5.35. The Bertz CT molecular complexity index is 1400. The highest BCUT2D eigenvalue weighted by Crippen LogP contribution is 2.25. The molecule has 39 heavy (non-hydrogen) atoms. The Balaban J connectivity index is 1.55. The van der Waals surface area contributed by atoms with E-state index >= 15 is 0 Å². The van der Waals surface area contributed by atoms with E-state index in [4.69, 9.17) is 32.9 Å². The number of nitrogens with zero attached hydrogens (tertiary/aromatic N) is 1. The molecule has 0 fully saturated rings. The Labute approximate surface area is 228 Å². The zero-order valence-electron chi connectivity index (χ0n) is 20.5. The van der Waals surface area contributed by atoms with E-state index in [1.807, 2.05) is 0 Å². The lowest BCUT2D eigenvalue weighted by atomic mass is 10.0. The summed E-state index contributed by atoms with van der Waals surface area (Å²) in [6.07, 6.45) is 0.159. The lowest BCUT2D eigenvalue weighted by Gasteiger charge is -2.15. The number of carboxylic acid groups (broad SMARTS) is 2. The van der Waals surface area contributed by atoms with E-state index in [-0.39, 0.29) is 47.1 Å². The number of ether oxygens (including phenoxy) is 1. The molecule has 0 saturated carbocycles. The maximum Gasteiger partial charge on any atom is 0.343 e. The quantitative estimate of drug-likeness (QED) is 0.103. The van der Waals surface area contributed by atoms with Crippen LogP contribution < -0.4 is 21.5 Å². The van der Waals surface area contributed by atoms with E-state index in [0.29, 0.717) is 16.8 Å². The molecule has 0 bridgehead atoms. The summed E-state index contributed by atoms with van der Waals surface area (Å²) in [4.78, 5) is 51.3. The Morgan fingerprint density at radius 2 is 1.56 bits per heavy atom. The van der Waals surface area contributed by atoms with E-state index in [0.717, 1.165) is 0 Å². The lowest BCUT2D eigenvalue weighted by Crippen LogP contribution is -2.42. The third-order valence-electron chi connectivity index (χ3n) is 5.49. The molecule has 7 N–H and O–H groups in total. The van der Waals surface area contributed by atoms with Crippen LogP contribution in [-0.4, -0.2) is 46.0 Å². The van der Waals surface area contributed by atoms with Gasteiger partial charge in [-0.15, -0.1) is 0 Å². The van der Waals surface area contributed by atoms with Crippen molar-refractivity contribution in [2.45, 2.75) is 25.3 Å². The summed E-state index contributed by atoms with van der Waals surface area (Å²) in [6, 6.07) is 15.3. The molecule has 0 unspecified atom stereocenters. The van der Waals surface area contributed by atoms with Crippen LogP contribution >= 0.6 is 11.6 Å². The van der Waals surface area contributed by atoms with E-state index < -0.39 is 29.9 Å². The smallest absolute Gasteiger partial charge is 0.343 e. The number of esters is 1. The largest absolute Gasteiger partial charge is 0.480 e. The SMILES string of the molecule is NC(N)=Nc1ccc(C(=O)Oc2ccc(CCC(=O)N[C@@H](Cc3ccc(C(=O)O)cc3)C(=O)O)c(Cl)c2)cc1. The van der Waals surface area contributed by atoms with Gasteiger partial charge < -0.3 is 31.7 Å². The van der Waals surface area contributed by atoms with Gasteiger partial charge in [-0.3, -0.25) is 4.79 Å². The molecule has 0 aromatic heterocycles. The second-order valence-electron chi connectivity index (χ2n) is 8.39. The number of hydrogen-bond acceptors (Lipinski definition) is 6. The van der Waals surface area contributed by atoms with Crippen LogP contribution in [0.3, 0.4) is 0 Å². The minimum Gasteiger partial charge on any atom is -0.480 e. The summed E-state index contributed by atoms with van der Waals surface area (Å²) in [5.74, 6) is -3.34. The van der Waals surface area contributed by atoms with Crippen LogP contribution in [0.25, 0.3) is 0 Å². The average Bonchev–Trinajstić information content (AvgIpc) is 2.88. The number of carbonyl (C=O) groups is 4. The molecular formula is C27H25ClN4O7. The maximum atomic E-state index is 12.4. The monoisotopic (exact) mass is 552 g/mol. The van der Waals surface area contributed by atoms with Gasteiger partial charge in [-0.2, -0.15) is 0 Å². The summed E-state index contributed by atoms with van der Waals surface area (Å²) in [5, 5.41) is 21.2. The lowest BCUT2D eigenvalue weighted by molar-refractivity contribution is -0.141. The number of benzene rings is 3. The molecule has 3 rings (SSSR count). The van der Waals surface area contributed by atoms with Crippen molar-refractivity contribution >= 4 is 47.1 Å². The second-order valence-corrected chi connectivity index (χ2v) is 8.80. The van der Waals surface area contributed by atoms with E-state index in [1.54, 1.807) is 18.2 Å². The summed E-state index contributed by atoms with van der Waals surface area (Å²) in [7, 11) is 0. The Hall–Kier alpha value is -4.90. The van der Waals surface area contributed by atoms with Gasteiger partial charge >= 0.3 is 17.9 Å². The van der Waals surface area contributed by atoms with Gasteiger partial charge in [-0.05, 0) is 66.1 Å². The van der Waals surface area contributed by atoms with Crippen LogP contribution in [0.15, 0.2) is 71.7 Å². The van der Waals surface area contributed by atoms with E-state index in [9.17, 15) is 24.3 Å². The first-order valence-electron chi connectivity index (χ1n) is 11.6. The number of guanidine groups is 1. The number of amides is 1. The molecule has 202 valence electrons. The molecule has 12 heteroatoms. The number of aliphatic imine (C=N–C) groups is 1. The maximum absolute atomic E-state index is 12.4. The predicted octanol–water partition coefficient (Wildman–Crippen LogP) is 2.91. The fourth-order valence-corrected chi connectivity index (χ4v) is 3.78. The highest BCUT2D eigenvalue weighted by Gasteiger charge is 2.21. The number of nitrogens with one attached hydrogen (secondary N) is 1. The summed E-state index contributed by atoms with van der Waals surface area (Å²) in [6.45, 7) is 0. The van der Waals surface area contributed by atoms with Crippen LogP contribution in [-0.2, 0) is 22.4 Å². The highest BCUT2D eigenvalue weighted by molar-refractivity contribution is 6.31. The fourth-order valence-electron chi connectivity index (χ4n) is 3.52. The molecule has 3 aromatic rings. The number of aliphatic carboxylic acids is 1. The average molecular weight is 553 g/mol. The summed E-state index contributed by atoms with van der Waals surface area (Å²) >= 11 is 6.31. The van der Waals surface area contributed by atoms with Gasteiger partial charge in [0.05, 0.1) is 16.8 Å². The van der Waals surface area contributed by atoms with Crippen LogP contribution in [0, 0.1) is 0 Å². The van der Waals surface area contributed by atoms with Crippen molar-refractivity contribution in [3.8, 4) is 5.75 Å². The zero-order chi connectivity index (χ0) is 28.5. The molecule has 0 aliphatic heterocycles. The van der Waals surface area contributed by atoms with Crippen molar-refractivity contribution in [3.63, 3.8) is 0 Å². The normalized spacial score (nSPS) is 11.2. The van der Waals surface area contributed by atoms with Gasteiger partial charge in [0.25, 0.3) is 0 Å². The van der Waals surface area contributed by atoms with Crippen LogP contribution in [0.2, 0.25) is 5.02 Å². The third kappa shape index (κ3) is 8.58. The number of carboxylic acids is 2. The molecule has 0 aliphatic rings. The van der Waals surface area contributed by atoms with Crippen molar-refractivity contribution in [2.75, 3.05) is 0 Å². The van der Waals surface area contributed by atoms with Crippen molar-refractivity contribution in [1.29, 1.82) is 0 Å². The number of carbonyl (C=O) groups excluding carboxylic acids is 2. The highest BCUT2D eigenvalue weighted by atomic mass is 35.5. The van der Waals surface area contributed by atoms with Gasteiger partial charge in [0.15, 0.2) is 5.96 Å². The fraction of sp³-hybridized carbons (Fsp3) is 0.148. The molecule has 0 radical (unpaired) electrons. The van der Waals surface area contributed by atoms with Gasteiger partial charge in [0.2, 0.25) is 5.91 Å². The molecule has 0 aliphatic carbocycles. The number of rotatable bonds is 11. The Morgan fingerprint density at radius 3 is 2.13 bits per heavy atom. The first-order chi connectivity index (χ1) is 18.5. The van der Waals surface area contributed by atoms with Gasteiger partial charge in [0.1, 0.15) is 11.8 Å². The van der Waals surface area contributed by atoms with Gasteiger partial charge in [-0.1, -0.05) is 29.8 Å². The molecule has 3 aromatic carbocycles. The van der Waals surface area contributed by atoms with Crippen molar-refractivity contribution in [3.05, 3.63) is 94.0 Å². The Kier molecular flexibility index (Phi) is 9.60. The van der Waals surface area contributed by atoms with Crippen LogP contribution in [0.4, 0.5) is 5.69 Å². The molecule has 0 saturated heterocycles. The summed E-state index contributed by atoms with van der Waals surface area (Å²) in [5.41, 5.74) is 12.6.